The molecule has 0 aliphatic heterocycles. The molecule has 0 aromatic heterocycles. The zero-order valence-electron chi connectivity index (χ0n) is 12.7. The van der Waals surface area contributed by atoms with Crippen LogP contribution in [0.3, 0.4) is 0 Å². The molecule has 0 fully saturated rings. The lowest BCUT2D eigenvalue weighted by Gasteiger charge is -2.13. The standard InChI is InChI=1S/C16H25NO3/c1-13(2)7-9-20-16-11-15(19-4)6-5-14(16)12-17-8-10-18-3/h5-6,11,17H,1,7-10,12H2,2-4H3. The van der Waals surface area contributed by atoms with Crippen LogP contribution in [0.5, 0.6) is 11.5 Å². The van der Waals surface area contributed by atoms with Gasteiger partial charge in [-0.15, -0.1) is 6.58 Å². The van der Waals surface area contributed by atoms with Crippen molar-refractivity contribution in [2.24, 2.45) is 0 Å². The van der Waals surface area contributed by atoms with Crippen LogP contribution in [0.1, 0.15) is 18.9 Å². The zero-order valence-corrected chi connectivity index (χ0v) is 12.7. The van der Waals surface area contributed by atoms with Crippen molar-refractivity contribution < 1.29 is 14.2 Å². The molecule has 0 bridgehead atoms. The molecule has 1 aromatic carbocycles. The van der Waals surface area contributed by atoms with E-state index in [0.717, 1.165) is 42.1 Å². The summed E-state index contributed by atoms with van der Waals surface area (Å²) in [4.78, 5) is 0. The number of rotatable bonds is 10. The van der Waals surface area contributed by atoms with E-state index in [1.54, 1.807) is 14.2 Å². The Bertz CT molecular complexity index is 418. The maximum Gasteiger partial charge on any atom is 0.127 e. The third-order valence-electron chi connectivity index (χ3n) is 2.86. The van der Waals surface area contributed by atoms with Crippen LogP contribution in [0.2, 0.25) is 0 Å². The van der Waals surface area contributed by atoms with E-state index < -0.39 is 0 Å². The van der Waals surface area contributed by atoms with E-state index >= 15 is 0 Å². The molecule has 0 saturated carbocycles. The van der Waals surface area contributed by atoms with E-state index in [9.17, 15) is 0 Å². The third kappa shape index (κ3) is 6.08. The smallest absolute Gasteiger partial charge is 0.127 e. The lowest BCUT2D eigenvalue weighted by molar-refractivity contribution is 0.199. The fourth-order valence-electron chi connectivity index (χ4n) is 1.67. The number of hydrogen-bond acceptors (Lipinski definition) is 4. The predicted octanol–water partition coefficient (Wildman–Crippen LogP) is 2.78. The first-order chi connectivity index (χ1) is 9.67. The fraction of sp³-hybridized carbons (Fsp3) is 0.500. The van der Waals surface area contributed by atoms with Crippen LogP contribution in [-0.2, 0) is 11.3 Å². The Morgan fingerprint density at radius 1 is 1.25 bits per heavy atom. The molecule has 0 radical (unpaired) electrons. The molecule has 0 heterocycles. The van der Waals surface area contributed by atoms with Crippen molar-refractivity contribution in [3.63, 3.8) is 0 Å². The summed E-state index contributed by atoms with van der Waals surface area (Å²) in [6.07, 6.45) is 0.855. The Kier molecular flexibility index (Phi) is 7.77. The predicted molar refractivity (Wildman–Crippen MR) is 81.5 cm³/mol. The van der Waals surface area contributed by atoms with Crippen molar-refractivity contribution in [3.05, 3.63) is 35.9 Å². The topological polar surface area (TPSA) is 39.7 Å². The molecule has 4 heteroatoms. The lowest BCUT2D eigenvalue weighted by atomic mass is 10.2. The van der Waals surface area contributed by atoms with Crippen molar-refractivity contribution in [2.75, 3.05) is 34.0 Å². The van der Waals surface area contributed by atoms with E-state index in [1.807, 2.05) is 25.1 Å². The van der Waals surface area contributed by atoms with Crippen molar-refractivity contribution in [2.45, 2.75) is 19.9 Å². The van der Waals surface area contributed by atoms with Gasteiger partial charge in [-0.3, -0.25) is 0 Å². The SMILES string of the molecule is C=C(C)CCOc1cc(OC)ccc1CNCCOC. The van der Waals surface area contributed by atoms with Gasteiger partial charge in [-0.25, -0.2) is 0 Å². The van der Waals surface area contributed by atoms with Gasteiger partial charge in [0.05, 0.1) is 20.3 Å². The van der Waals surface area contributed by atoms with Gasteiger partial charge in [0.25, 0.3) is 0 Å². The number of benzene rings is 1. The highest BCUT2D eigenvalue weighted by molar-refractivity contribution is 5.40. The molecule has 0 spiro atoms. The summed E-state index contributed by atoms with van der Waals surface area (Å²) in [5.74, 6) is 1.66. The highest BCUT2D eigenvalue weighted by Crippen LogP contribution is 2.25. The van der Waals surface area contributed by atoms with Crippen LogP contribution in [0, 0.1) is 0 Å². The van der Waals surface area contributed by atoms with Gasteiger partial charge in [-0.05, 0) is 13.0 Å². The quantitative estimate of drug-likeness (QED) is 0.528. The Labute approximate surface area is 121 Å². The van der Waals surface area contributed by atoms with Crippen molar-refractivity contribution in [1.29, 1.82) is 0 Å². The largest absolute Gasteiger partial charge is 0.497 e. The monoisotopic (exact) mass is 279 g/mol. The van der Waals surface area contributed by atoms with Crippen LogP contribution in [0.4, 0.5) is 0 Å². The second kappa shape index (κ2) is 9.39. The molecular formula is C16H25NO3. The van der Waals surface area contributed by atoms with Gasteiger partial charge in [0.1, 0.15) is 11.5 Å². The molecule has 0 aliphatic rings. The van der Waals surface area contributed by atoms with Crippen molar-refractivity contribution >= 4 is 0 Å². The zero-order chi connectivity index (χ0) is 14.8. The minimum atomic E-state index is 0.633. The van der Waals surface area contributed by atoms with Gasteiger partial charge in [-0.2, -0.15) is 0 Å². The molecule has 4 nitrogen and oxygen atoms in total. The number of nitrogens with one attached hydrogen (secondary N) is 1. The van der Waals surface area contributed by atoms with Crippen molar-refractivity contribution in [3.8, 4) is 11.5 Å². The van der Waals surface area contributed by atoms with Gasteiger partial charge < -0.3 is 19.5 Å². The summed E-state index contributed by atoms with van der Waals surface area (Å²) in [5, 5.41) is 3.32. The molecular weight excluding hydrogens is 254 g/mol. The Balaban J connectivity index is 2.62. The summed E-state index contributed by atoms with van der Waals surface area (Å²) in [6, 6.07) is 5.89. The summed E-state index contributed by atoms with van der Waals surface area (Å²) in [5.41, 5.74) is 2.23. The van der Waals surface area contributed by atoms with Crippen LogP contribution in [0.25, 0.3) is 0 Å². The third-order valence-corrected chi connectivity index (χ3v) is 2.86. The van der Waals surface area contributed by atoms with Crippen LogP contribution < -0.4 is 14.8 Å². The average Bonchev–Trinajstić information content (AvgIpc) is 2.44. The molecule has 0 saturated heterocycles. The molecule has 1 rings (SSSR count). The maximum atomic E-state index is 5.84. The fourth-order valence-corrected chi connectivity index (χ4v) is 1.67. The molecule has 1 aromatic rings. The first kappa shape index (κ1) is 16.5. The van der Waals surface area contributed by atoms with Gasteiger partial charge >= 0.3 is 0 Å². The Morgan fingerprint density at radius 3 is 2.70 bits per heavy atom. The van der Waals surface area contributed by atoms with Gasteiger partial charge in [-0.1, -0.05) is 11.6 Å². The summed E-state index contributed by atoms with van der Waals surface area (Å²) in [7, 11) is 3.35. The number of ether oxygens (including phenoxy) is 3. The van der Waals surface area contributed by atoms with E-state index in [2.05, 4.69) is 11.9 Å². The van der Waals surface area contributed by atoms with Gasteiger partial charge in [0.2, 0.25) is 0 Å². The van der Waals surface area contributed by atoms with E-state index in [0.29, 0.717) is 13.2 Å². The lowest BCUT2D eigenvalue weighted by Crippen LogP contribution is -2.19. The summed E-state index contributed by atoms with van der Waals surface area (Å²) in [6.45, 7) is 8.77. The second-order valence-electron chi connectivity index (χ2n) is 4.70. The summed E-state index contributed by atoms with van der Waals surface area (Å²) < 4.78 is 16.1. The second-order valence-corrected chi connectivity index (χ2v) is 4.70. The Morgan fingerprint density at radius 2 is 2.05 bits per heavy atom. The molecule has 0 aliphatic carbocycles. The maximum absolute atomic E-state index is 5.84. The van der Waals surface area contributed by atoms with Crippen LogP contribution in [0.15, 0.2) is 30.4 Å². The first-order valence-electron chi connectivity index (χ1n) is 6.81. The molecule has 1 N–H and O–H groups in total. The van der Waals surface area contributed by atoms with Crippen LogP contribution in [-0.4, -0.2) is 34.0 Å². The molecule has 0 atom stereocenters. The molecule has 0 amide bonds. The van der Waals surface area contributed by atoms with Gasteiger partial charge in [0.15, 0.2) is 0 Å². The van der Waals surface area contributed by atoms with E-state index in [4.69, 9.17) is 14.2 Å². The highest BCUT2D eigenvalue weighted by atomic mass is 16.5. The normalized spacial score (nSPS) is 10.3. The minimum Gasteiger partial charge on any atom is -0.497 e. The molecule has 112 valence electrons. The summed E-state index contributed by atoms with van der Waals surface area (Å²) >= 11 is 0. The Hall–Kier alpha value is -1.52. The van der Waals surface area contributed by atoms with E-state index in [1.165, 1.54) is 0 Å². The average molecular weight is 279 g/mol. The van der Waals surface area contributed by atoms with Crippen LogP contribution >= 0.6 is 0 Å². The number of methoxy groups -OCH3 is 2. The molecule has 20 heavy (non-hydrogen) atoms. The first-order valence-corrected chi connectivity index (χ1v) is 6.81. The minimum absolute atomic E-state index is 0.633. The van der Waals surface area contributed by atoms with Gasteiger partial charge in [0, 0.05) is 38.2 Å². The molecule has 0 unspecified atom stereocenters. The highest BCUT2D eigenvalue weighted by Gasteiger charge is 2.06. The number of hydrogen-bond donors (Lipinski definition) is 1. The van der Waals surface area contributed by atoms with E-state index in [-0.39, 0.29) is 0 Å². The van der Waals surface area contributed by atoms with Crippen molar-refractivity contribution in [1.82, 2.24) is 5.32 Å².